The first-order valence-electron chi connectivity index (χ1n) is 7.28. The van der Waals surface area contributed by atoms with Gasteiger partial charge in [-0.1, -0.05) is 6.08 Å². The van der Waals surface area contributed by atoms with Gasteiger partial charge in [0.25, 0.3) is 5.56 Å². The van der Waals surface area contributed by atoms with Gasteiger partial charge in [0.1, 0.15) is 0 Å². The van der Waals surface area contributed by atoms with Crippen LogP contribution < -0.4 is 11.2 Å². The molecule has 0 aromatic carbocycles. The van der Waals surface area contributed by atoms with Gasteiger partial charge in [-0.3, -0.25) is 18.3 Å². The number of hydrogen-bond donors (Lipinski definition) is 0. The number of aromatic nitrogens is 5. The molecule has 0 radical (unpaired) electrons. The molecule has 0 aliphatic carbocycles. The molecule has 8 heteroatoms. The Morgan fingerprint density at radius 2 is 2.09 bits per heavy atom. The molecule has 3 aromatic rings. The Labute approximate surface area is 131 Å². The van der Waals surface area contributed by atoms with Crippen LogP contribution in [0.25, 0.3) is 16.9 Å². The summed E-state index contributed by atoms with van der Waals surface area (Å²) in [6.07, 6.45) is 3.61. The van der Waals surface area contributed by atoms with Crippen LogP contribution in [0.2, 0.25) is 0 Å². The third-order valence-corrected chi connectivity index (χ3v) is 3.97. The summed E-state index contributed by atoms with van der Waals surface area (Å²) < 4.78 is 11.2. The van der Waals surface area contributed by atoms with Gasteiger partial charge >= 0.3 is 5.69 Å². The monoisotopic (exact) mass is 317 g/mol. The molecule has 0 amide bonds. The van der Waals surface area contributed by atoms with E-state index < -0.39 is 5.69 Å². The molecular formula is C15H19N5O3. The first-order valence-corrected chi connectivity index (χ1v) is 7.28. The maximum absolute atomic E-state index is 12.8. The predicted octanol–water partition coefficient (Wildman–Crippen LogP) is 0.290. The van der Waals surface area contributed by atoms with E-state index in [0.29, 0.717) is 30.1 Å². The van der Waals surface area contributed by atoms with Crippen LogP contribution >= 0.6 is 0 Å². The van der Waals surface area contributed by atoms with Gasteiger partial charge in [-0.15, -0.1) is 6.58 Å². The quantitative estimate of drug-likeness (QED) is 0.634. The van der Waals surface area contributed by atoms with E-state index in [-0.39, 0.29) is 12.1 Å². The van der Waals surface area contributed by atoms with Gasteiger partial charge in [-0.25, -0.2) is 4.79 Å². The van der Waals surface area contributed by atoms with Crippen LogP contribution in [-0.4, -0.2) is 36.8 Å². The minimum absolute atomic E-state index is 0.206. The fourth-order valence-corrected chi connectivity index (χ4v) is 2.79. The number of imidazole rings is 2. The molecule has 0 aliphatic rings. The third kappa shape index (κ3) is 2.14. The van der Waals surface area contributed by atoms with Crippen molar-refractivity contribution in [1.29, 1.82) is 0 Å². The summed E-state index contributed by atoms with van der Waals surface area (Å²) in [4.78, 5) is 29.6. The summed E-state index contributed by atoms with van der Waals surface area (Å²) in [6, 6.07) is 0. The van der Waals surface area contributed by atoms with E-state index in [4.69, 9.17) is 4.74 Å². The first kappa shape index (κ1) is 15.3. The minimum atomic E-state index is -0.396. The highest BCUT2D eigenvalue weighted by molar-refractivity contribution is 5.75. The van der Waals surface area contributed by atoms with Crippen molar-refractivity contribution in [3.05, 3.63) is 45.4 Å². The maximum atomic E-state index is 12.8. The number of aryl methyl sites for hydroxylation is 2. The fraction of sp³-hybridized carbons (Fsp3) is 0.400. The summed E-state index contributed by atoms with van der Waals surface area (Å²) in [6.45, 7) is 6.76. The second-order valence-electron chi connectivity index (χ2n) is 5.41. The normalized spacial score (nSPS) is 11.6. The molecule has 0 bridgehead atoms. The van der Waals surface area contributed by atoms with Crippen LogP contribution in [0, 0.1) is 6.92 Å². The van der Waals surface area contributed by atoms with Gasteiger partial charge in [0.15, 0.2) is 11.2 Å². The van der Waals surface area contributed by atoms with Crippen molar-refractivity contribution in [2.75, 3.05) is 13.7 Å². The minimum Gasteiger partial charge on any atom is -0.383 e. The number of methoxy groups -OCH3 is 1. The average molecular weight is 317 g/mol. The largest absolute Gasteiger partial charge is 0.383 e. The van der Waals surface area contributed by atoms with Crippen molar-refractivity contribution in [1.82, 2.24) is 23.1 Å². The Morgan fingerprint density at radius 3 is 2.74 bits per heavy atom. The Morgan fingerprint density at radius 1 is 1.35 bits per heavy atom. The molecule has 8 nitrogen and oxygen atoms in total. The smallest absolute Gasteiger partial charge is 0.332 e. The lowest BCUT2D eigenvalue weighted by molar-refractivity contribution is 0.184. The van der Waals surface area contributed by atoms with E-state index >= 15 is 0 Å². The molecular weight excluding hydrogens is 298 g/mol. The van der Waals surface area contributed by atoms with Crippen LogP contribution in [0.1, 0.15) is 5.69 Å². The van der Waals surface area contributed by atoms with Crippen molar-refractivity contribution in [2.24, 2.45) is 7.05 Å². The highest BCUT2D eigenvalue weighted by atomic mass is 16.5. The molecule has 0 fully saturated rings. The molecule has 0 unspecified atom stereocenters. The van der Waals surface area contributed by atoms with Gasteiger partial charge in [-0.05, 0) is 6.92 Å². The highest BCUT2D eigenvalue weighted by Gasteiger charge is 2.19. The molecule has 3 rings (SSSR count). The van der Waals surface area contributed by atoms with Gasteiger partial charge in [0.2, 0.25) is 5.78 Å². The Balaban J connectivity index is 2.42. The second kappa shape index (κ2) is 5.54. The van der Waals surface area contributed by atoms with E-state index in [0.717, 1.165) is 5.69 Å². The summed E-state index contributed by atoms with van der Waals surface area (Å²) >= 11 is 0. The SMILES string of the molecule is C=CCn1c(C)cn2c3c(=O)n(CCOC)c(=O)n(C)c3nc12. The van der Waals surface area contributed by atoms with Gasteiger partial charge < -0.3 is 9.30 Å². The van der Waals surface area contributed by atoms with Crippen LogP contribution in [0.5, 0.6) is 0 Å². The van der Waals surface area contributed by atoms with E-state index in [2.05, 4.69) is 11.6 Å². The van der Waals surface area contributed by atoms with Crippen LogP contribution in [0.4, 0.5) is 0 Å². The van der Waals surface area contributed by atoms with Gasteiger partial charge in [0.05, 0.1) is 13.2 Å². The average Bonchev–Trinajstić information content (AvgIpc) is 3.02. The lowest BCUT2D eigenvalue weighted by Gasteiger charge is -2.07. The zero-order chi connectivity index (χ0) is 16.7. The van der Waals surface area contributed by atoms with Crippen molar-refractivity contribution < 1.29 is 4.74 Å². The van der Waals surface area contributed by atoms with Crippen LogP contribution in [0.15, 0.2) is 28.4 Å². The predicted molar refractivity (Wildman–Crippen MR) is 87.0 cm³/mol. The molecule has 3 aromatic heterocycles. The summed E-state index contributed by atoms with van der Waals surface area (Å²) in [5.74, 6) is 0.619. The number of ether oxygens (including phenoxy) is 1. The summed E-state index contributed by atoms with van der Waals surface area (Å²) in [7, 11) is 3.15. The molecule has 0 N–H and O–H groups in total. The fourth-order valence-electron chi connectivity index (χ4n) is 2.79. The van der Waals surface area contributed by atoms with E-state index in [1.165, 1.54) is 16.2 Å². The van der Waals surface area contributed by atoms with Gasteiger partial charge in [-0.2, -0.15) is 4.98 Å². The van der Waals surface area contributed by atoms with E-state index in [9.17, 15) is 9.59 Å². The van der Waals surface area contributed by atoms with E-state index in [1.54, 1.807) is 17.5 Å². The number of hydrogen-bond acceptors (Lipinski definition) is 4. The molecule has 0 saturated heterocycles. The standard InChI is InChI=1S/C15H19N5O3/c1-5-6-18-10(2)9-20-11-12(16-14(18)20)17(3)15(22)19(13(11)21)7-8-23-4/h5,9H,1,6-8H2,2-4H3. The Hall–Kier alpha value is -2.61. The van der Waals surface area contributed by atoms with Gasteiger partial charge in [0, 0.05) is 32.6 Å². The van der Waals surface area contributed by atoms with E-state index in [1.807, 2.05) is 17.7 Å². The number of rotatable bonds is 5. The zero-order valence-corrected chi connectivity index (χ0v) is 13.4. The number of nitrogens with zero attached hydrogens (tertiary/aromatic N) is 5. The molecule has 23 heavy (non-hydrogen) atoms. The Kier molecular flexibility index (Phi) is 3.69. The Bertz CT molecular complexity index is 1020. The number of allylic oxidation sites excluding steroid dienone is 1. The van der Waals surface area contributed by atoms with Crippen LogP contribution in [0.3, 0.4) is 0 Å². The summed E-state index contributed by atoms with van der Waals surface area (Å²) in [5.41, 5.74) is 0.979. The molecule has 0 aliphatic heterocycles. The van der Waals surface area contributed by atoms with Crippen molar-refractivity contribution in [2.45, 2.75) is 20.0 Å². The molecule has 0 saturated carbocycles. The lowest BCUT2D eigenvalue weighted by Crippen LogP contribution is -2.40. The second-order valence-corrected chi connectivity index (χ2v) is 5.41. The molecule has 3 heterocycles. The van der Waals surface area contributed by atoms with Crippen LogP contribution in [-0.2, 0) is 24.9 Å². The van der Waals surface area contributed by atoms with Crippen molar-refractivity contribution in [3.8, 4) is 0 Å². The third-order valence-electron chi connectivity index (χ3n) is 3.97. The zero-order valence-electron chi connectivity index (χ0n) is 13.4. The molecule has 122 valence electrons. The lowest BCUT2D eigenvalue weighted by atomic mass is 10.4. The highest BCUT2D eigenvalue weighted by Crippen LogP contribution is 2.16. The molecule has 0 atom stereocenters. The van der Waals surface area contributed by atoms with Crippen molar-refractivity contribution in [3.63, 3.8) is 0 Å². The topological polar surface area (TPSA) is 75.5 Å². The first-order chi connectivity index (χ1) is 11.0. The van der Waals surface area contributed by atoms with Crippen molar-refractivity contribution >= 4 is 16.9 Å². The number of fused-ring (bicyclic) bond motifs is 3. The maximum Gasteiger partial charge on any atom is 0.332 e. The molecule has 0 spiro atoms. The summed E-state index contributed by atoms with van der Waals surface area (Å²) in [5, 5.41) is 0.